The van der Waals surface area contributed by atoms with Crippen LogP contribution in [0.15, 0.2) is 10.5 Å². The number of likely N-dealkylation sites (N-methyl/N-ethyl adjacent to an activating group) is 2. The van der Waals surface area contributed by atoms with Crippen LogP contribution >= 0.6 is 0 Å². The van der Waals surface area contributed by atoms with E-state index in [1.807, 2.05) is 14.0 Å². The Kier molecular flexibility index (Phi) is 5.68. The third kappa shape index (κ3) is 4.89. The predicted molar refractivity (Wildman–Crippen MR) is 71.1 cm³/mol. The Hall–Kier alpha value is -0.840. The van der Waals surface area contributed by atoms with Gasteiger partial charge in [-0.25, -0.2) is 0 Å². The van der Waals surface area contributed by atoms with E-state index in [0.717, 1.165) is 37.7 Å². The molecule has 0 radical (unpaired) electrons. The molecule has 0 saturated carbocycles. The maximum Gasteiger partial charge on any atom is 0.118 e. The van der Waals surface area contributed by atoms with Crippen LogP contribution in [-0.4, -0.2) is 51.1 Å². The molecule has 1 heterocycles. The smallest absolute Gasteiger partial charge is 0.118 e. The maximum absolute atomic E-state index is 5.68. The van der Waals surface area contributed by atoms with Crippen LogP contribution in [0.4, 0.5) is 0 Å². The molecule has 0 unspecified atom stereocenters. The maximum atomic E-state index is 5.68. The molecule has 0 amide bonds. The largest absolute Gasteiger partial charge is 0.465 e. The second-order valence-corrected chi connectivity index (χ2v) is 4.87. The Balaban J connectivity index is 2.49. The monoisotopic (exact) mass is 239 g/mol. The summed E-state index contributed by atoms with van der Waals surface area (Å²) in [6.07, 6.45) is 0. The lowest BCUT2D eigenvalue weighted by molar-refractivity contribution is 0.275. The minimum absolute atomic E-state index is 0.794. The van der Waals surface area contributed by atoms with E-state index in [0.29, 0.717) is 0 Å². The van der Waals surface area contributed by atoms with Gasteiger partial charge in [-0.15, -0.1) is 0 Å². The first-order valence-electron chi connectivity index (χ1n) is 6.09. The van der Waals surface area contributed by atoms with E-state index in [1.165, 1.54) is 5.56 Å². The molecule has 0 aliphatic carbocycles. The lowest BCUT2D eigenvalue weighted by atomic mass is 10.2. The van der Waals surface area contributed by atoms with Crippen LogP contribution in [0.2, 0.25) is 0 Å². The number of hydrogen-bond acceptors (Lipinski definition) is 4. The summed E-state index contributed by atoms with van der Waals surface area (Å²) in [4.78, 5) is 4.52. The standard InChI is InChI=1S/C13H25N3O/c1-11-12(8-13(17-11)9-14-2)10-16(5)7-6-15(3)4/h8,14H,6-7,9-10H2,1-5H3. The van der Waals surface area contributed by atoms with Crippen molar-refractivity contribution < 1.29 is 4.42 Å². The average molecular weight is 239 g/mol. The van der Waals surface area contributed by atoms with Gasteiger partial charge in [-0.05, 0) is 41.2 Å². The van der Waals surface area contributed by atoms with Crippen molar-refractivity contribution in [1.29, 1.82) is 0 Å². The Labute approximate surface area is 105 Å². The van der Waals surface area contributed by atoms with E-state index >= 15 is 0 Å². The zero-order chi connectivity index (χ0) is 12.8. The van der Waals surface area contributed by atoms with E-state index in [9.17, 15) is 0 Å². The second kappa shape index (κ2) is 6.79. The van der Waals surface area contributed by atoms with Crippen LogP contribution in [0.25, 0.3) is 0 Å². The first-order valence-corrected chi connectivity index (χ1v) is 6.09. The lowest BCUT2D eigenvalue weighted by Gasteiger charge is -2.18. The summed E-state index contributed by atoms with van der Waals surface area (Å²) >= 11 is 0. The van der Waals surface area contributed by atoms with Gasteiger partial charge >= 0.3 is 0 Å². The zero-order valence-corrected chi connectivity index (χ0v) is 11.7. The number of nitrogens with one attached hydrogen (secondary N) is 1. The van der Waals surface area contributed by atoms with Crippen molar-refractivity contribution in [1.82, 2.24) is 15.1 Å². The number of furan rings is 1. The highest BCUT2D eigenvalue weighted by Crippen LogP contribution is 2.16. The number of nitrogens with zero attached hydrogens (tertiary/aromatic N) is 2. The van der Waals surface area contributed by atoms with Crippen molar-refractivity contribution >= 4 is 0 Å². The molecule has 0 fully saturated rings. The van der Waals surface area contributed by atoms with Crippen LogP contribution in [0.1, 0.15) is 17.1 Å². The van der Waals surface area contributed by atoms with E-state index in [-0.39, 0.29) is 0 Å². The van der Waals surface area contributed by atoms with Crippen LogP contribution < -0.4 is 5.32 Å². The Bertz CT molecular complexity index is 333. The van der Waals surface area contributed by atoms with Gasteiger partial charge in [0.1, 0.15) is 11.5 Å². The molecule has 1 aromatic rings. The van der Waals surface area contributed by atoms with Gasteiger partial charge < -0.3 is 19.5 Å². The Morgan fingerprint density at radius 1 is 1.24 bits per heavy atom. The zero-order valence-electron chi connectivity index (χ0n) is 11.7. The molecule has 17 heavy (non-hydrogen) atoms. The molecule has 0 spiro atoms. The van der Waals surface area contributed by atoms with E-state index in [4.69, 9.17) is 4.42 Å². The van der Waals surface area contributed by atoms with Crippen LogP contribution in [-0.2, 0) is 13.1 Å². The minimum Gasteiger partial charge on any atom is -0.465 e. The van der Waals surface area contributed by atoms with Gasteiger partial charge in [0.25, 0.3) is 0 Å². The van der Waals surface area contributed by atoms with Gasteiger partial charge in [0, 0.05) is 25.2 Å². The first-order chi connectivity index (χ1) is 8.02. The molecule has 4 heteroatoms. The fraction of sp³-hybridized carbons (Fsp3) is 0.692. The van der Waals surface area contributed by atoms with Gasteiger partial charge in [0.15, 0.2) is 0 Å². The van der Waals surface area contributed by atoms with Crippen molar-refractivity contribution in [3.05, 3.63) is 23.2 Å². The van der Waals surface area contributed by atoms with Crippen LogP contribution in [0.3, 0.4) is 0 Å². The van der Waals surface area contributed by atoms with Crippen LogP contribution in [0.5, 0.6) is 0 Å². The third-order valence-corrected chi connectivity index (χ3v) is 2.79. The van der Waals surface area contributed by atoms with E-state index in [1.54, 1.807) is 0 Å². The fourth-order valence-corrected chi connectivity index (χ4v) is 1.75. The molecule has 0 bridgehead atoms. The van der Waals surface area contributed by atoms with E-state index < -0.39 is 0 Å². The highest BCUT2D eigenvalue weighted by Gasteiger charge is 2.09. The second-order valence-electron chi connectivity index (χ2n) is 4.87. The normalized spacial score (nSPS) is 11.7. The highest BCUT2D eigenvalue weighted by molar-refractivity contribution is 5.20. The van der Waals surface area contributed by atoms with Gasteiger partial charge in [-0.1, -0.05) is 0 Å². The molecule has 0 atom stereocenters. The molecule has 4 nitrogen and oxygen atoms in total. The molecular weight excluding hydrogens is 214 g/mol. The third-order valence-electron chi connectivity index (χ3n) is 2.79. The summed E-state index contributed by atoms with van der Waals surface area (Å²) in [6, 6.07) is 2.15. The lowest BCUT2D eigenvalue weighted by Crippen LogP contribution is -2.28. The van der Waals surface area contributed by atoms with Gasteiger partial charge in [0.2, 0.25) is 0 Å². The Morgan fingerprint density at radius 2 is 1.94 bits per heavy atom. The fourth-order valence-electron chi connectivity index (χ4n) is 1.75. The van der Waals surface area contributed by atoms with Crippen molar-refractivity contribution in [2.45, 2.75) is 20.0 Å². The average Bonchev–Trinajstić information content (AvgIpc) is 2.57. The number of aryl methyl sites for hydroxylation is 1. The first kappa shape index (κ1) is 14.2. The Morgan fingerprint density at radius 3 is 2.53 bits per heavy atom. The summed E-state index contributed by atoms with van der Waals surface area (Å²) in [5.41, 5.74) is 1.29. The molecule has 0 aromatic carbocycles. The topological polar surface area (TPSA) is 31.6 Å². The SMILES string of the molecule is CNCc1cc(CN(C)CCN(C)C)c(C)o1. The van der Waals surface area contributed by atoms with Gasteiger partial charge in [-0.2, -0.15) is 0 Å². The molecular formula is C13H25N3O. The van der Waals surface area contributed by atoms with E-state index in [2.05, 4.69) is 42.3 Å². The summed E-state index contributed by atoms with van der Waals surface area (Å²) in [5, 5.41) is 3.10. The summed E-state index contributed by atoms with van der Waals surface area (Å²) in [7, 11) is 8.28. The molecule has 0 saturated heterocycles. The number of rotatable bonds is 7. The minimum atomic E-state index is 0.794. The molecule has 98 valence electrons. The van der Waals surface area contributed by atoms with Crippen molar-refractivity contribution in [2.75, 3.05) is 41.3 Å². The van der Waals surface area contributed by atoms with Gasteiger partial charge in [0.05, 0.1) is 6.54 Å². The van der Waals surface area contributed by atoms with Crippen molar-refractivity contribution in [2.24, 2.45) is 0 Å². The van der Waals surface area contributed by atoms with Crippen LogP contribution in [0, 0.1) is 6.92 Å². The molecule has 0 aliphatic rings. The summed E-state index contributed by atoms with van der Waals surface area (Å²) in [6.45, 7) is 5.93. The van der Waals surface area contributed by atoms with Gasteiger partial charge in [-0.3, -0.25) is 0 Å². The molecule has 1 aromatic heterocycles. The highest BCUT2D eigenvalue weighted by atomic mass is 16.3. The molecule has 0 aliphatic heterocycles. The number of hydrogen-bond donors (Lipinski definition) is 1. The molecule has 1 rings (SSSR count). The summed E-state index contributed by atoms with van der Waals surface area (Å²) < 4.78 is 5.68. The predicted octanol–water partition coefficient (Wildman–Crippen LogP) is 1.30. The molecule has 1 N–H and O–H groups in total. The van der Waals surface area contributed by atoms with Crippen molar-refractivity contribution in [3.63, 3.8) is 0 Å². The summed E-state index contributed by atoms with van der Waals surface area (Å²) in [5.74, 6) is 2.05. The quantitative estimate of drug-likeness (QED) is 0.777. The van der Waals surface area contributed by atoms with Crippen molar-refractivity contribution in [3.8, 4) is 0 Å².